The molecule has 10 rings (SSSR count). The minimum atomic E-state index is 0.884. The maximum Gasteiger partial charge on any atom is 0.136 e. The van der Waals surface area contributed by atoms with E-state index < -0.39 is 0 Å². The molecule has 0 atom stereocenters. The van der Waals surface area contributed by atoms with Gasteiger partial charge in [-0.05, 0) is 85.7 Å². The third kappa shape index (κ3) is 4.13. The summed E-state index contributed by atoms with van der Waals surface area (Å²) in [6.07, 6.45) is 0. The minimum absolute atomic E-state index is 0.884. The van der Waals surface area contributed by atoms with Gasteiger partial charge in [-0.1, -0.05) is 133 Å². The summed E-state index contributed by atoms with van der Waals surface area (Å²) in [6.45, 7) is 0. The van der Waals surface area contributed by atoms with Crippen LogP contribution in [0.15, 0.2) is 180 Å². The van der Waals surface area contributed by atoms with Crippen LogP contribution in [0.2, 0.25) is 0 Å². The fraction of sp³-hybridized carbons (Fsp3) is 0. The van der Waals surface area contributed by atoms with Gasteiger partial charge in [0.2, 0.25) is 0 Å². The van der Waals surface area contributed by atoms with E-state index in [0.29, 0.717) is 0 Å². The molecule has 0 aliphatic rings. The fourth-order valence-electron chi connectivity index (χ4n) is 7.56. The van der Waals surface area contributed by atoms with Crippen LogP contribution in [0.1, 0.15) is 0 Å². The largest absolute Gasteiger partial charge is 0.456 e. The quantitative estimate of drug-likeness (QED) is 0.184. The summed E-state index contributed by atoms with van der Waals surface area (Å²) in [5.41, 5.74) is 7.46. The predicted molar refractivity (Wildman–Crippen MR) is 204 cm³/mol. The molecule has 0 N–H and O–H groups in total. The third-order valence-electron chi connectivity index (χ3n) is 9.78. The second-order valence-electron chi connectivity index (χ2n) is 12.5. The van der Waals surface area contributed by atoms with Crippen molar-refractivity contribution in [3.63, 3.8) is 0 Å². The van der Waals surface area contributed by atoms with Gasteiger partial charge >= 0.3 is 0 Å². The monoisotopic (exact) mass is 611 g/mol. The van der Waals surface area contributed by atoms with Crippen molar-refractivity contribution in [3.05, 3.63) is 176 Å². The Balaban J connectivity index is 1.32. The molecule has 0 radical (unpaired) electrons. The van der Waals surface area contributed by atoms with Crippen LogP contribution in [0, 0.1) is 0 Å². The molecule has 0 amide bonds. The van der Waals surface area contributed by atoms with Crippen LogP contribution in [-0.4, -0.2) is 0 Å². The maximum absolute atomic E-state index is 6.46. The zero-order valence-electron chi connectivity index (χ0n) is 26.1. The summed E-state index contributed by atoms with van der Waals surface area (Å²) in [7, 11) is 0. The topological polar surface area (TPSA) is 16.4 Å². The van der Waals surface area contributed by atoms with Crippen molar-refractivity contribution >= 4 is 82.1 Å². The van der Waals surface area contributed by atoms with Crippen LogP contribution in [-0.2, 0) is 0 Å². The van der Waals surface area contributed by atoms with E-state index in [-0.39, 0.29) is 0 Å². The van der Waals surface area contributed by atoms with Crippen LogP contribution in [0.5, 0.6) is 0 Å². The molecule has 9 aromatic carbocycles. The van der Waals surface area contributed by atoms with Crippen molar-refractivity contribution in [2.24, 2.45) is 0 Å². The number of anilines is 3. The van der Waals surface area contributed by atoms with E-state index in [1.54, 1.807) is 0 Å². The van der Waals surface area contributed by atoms with E-state index in [0.717, 1.165) is 39.0 Å². The van der Waals surface area contributed by atoms with Crippen LogP contribution < -0.4 is 4.90 Å². The van der Waals surface area contributed by atoms with Crippen LogP contribution in [0.4, 0.5) is 17.1 Å². The normalized spacial score (nSPS) is 11.8. The number of benzene rings is 9. The number of rotatable bonds is 4. The molecular formula is C46H29NO. The molecule has 0 unspecified atom stereocenters. The molecular weight excluding hydrogens is 583 g/mol. The van der Waals surface area contributed by atoms with Gasteiger partial charge in [-0.15, -0.1) is 0 Å². The molecule has 0 fully saturated rings. The van der Waals surface area contributed by atoms with Gasteiger partial charge in [-0.3, -0.25) is 0 Å². The minimum Gasteiger partial charge on any atom is -0.456 e. The molecule has 10 aromatic rings. The Kier molecular flexibility index (Phi) is 5.91. The molecule has 0 aliphatic carbocycles. The highest BCUT2D eigenvalue weighted by Gasteiger charge is 2.22. The average Bonchev–Trinajstić information content (AvgIpc) is 3.51. The average molecular weight is 612 g/mol. The Morgan fingerprint density at radius 2 is 1.00 bits per heavy atom. The lowest BCUT2D eigenvalue weighted by Crippen LogP contribution is -2.12. The second kappa shape index (κ2) is 10.6. The van der Waals surface area contributed by atoms with E-state index in [2.05, 4.69) is 181 Å². The second-order valence-corrected chi connectivity index (χ2v) is 12.5. The third-order valence-corrected chi connectivity index (χ3v) is 9.78. The van der Waals surface area contributed by atoms with Crippen molar-refractivity contribution < 1.29 is 4.42 Å². The first-order chi connectivity index (χ1) is 23.8. The molecule has 1 aromatic heterocycles. The molecule has 0 aliphatic heterocycles. The molecule has 48 heavy (non-hydrogen) atoms. The Hall–Kier alpha value is -6.38. The molecule has 0 saturated heterocycles. The lowest BCUT2D eigenvalue weighted by Gasteiger charge is -2.30. The van der Waals surface area contributed by atoms with Crippen molar-refractivity contribution in [2.75, 3.05) is 4.90 Å². The van der Waals surface area contributed by atoms with Crippen molar-refractivity contribution in [1.82, 2.24) is 0 Å². The zero-order valence-corrected chi connectivity index (χ0v) is 26.1. The van der Waals surface area contributed by atoms with Gasteiger partial charge in [-0.25, -0.2) is 0 Å². The number of hydrogen-bond acceptors (Lipinski definition) is 2. The van der Waals surface area contributed by atoms with E-state index in [1.165, 1.54) is 54.2 Å². The van der Waals surface area contributed by atoms with Crippen molar-refractivity contribution in [1.29, 1.82) is 0 Å². The predicted octanol–water partition coefficient (Wildman–Crippen LogP) is 13.3. The first kappa shape index (κ1) is 26.8. The molecule has 0 bridgehead atoms. The van der Waals surface area contributed by atoms with E-state index in [9.17, 15) is 0 Å². The number of para-hydroxylation sites is 1. The molecule has 224 valence electrons. The lowest BCUT2D eigenvalue weighted by atomic mass is 9.93. The summed E-state index contributed by atoms with van der Waals surface area (Å²) in [6, 6.07) is 63.4. The first-order valence-electron chi connectivity index (χ1n) is 16.4. The zero-order chi connectivity index (χ0) is 31.6. The lowest BCUT2D eigenvalue weighted by molar-refractivity contribution is 0.669. The molecule has 0 spiro atoms. The summed E-state index contributed by atoms with van der Waals surface area (Å²) in [5, 5.41) is 12.0. The standard InChI is InChI=1S/C46H29NO/c1-2-12-30(13-3-1)36-18-10-11-21-42(36)47(35-23-25-44-41(29-35)40-26-32-15-4-5-16-33(32)28-45(40)48-44)43-27-34-17-7-9-20-38(34)46-37-19-8-6-14-31(37)22-24-39(43)46/h1-29H. The Labute approximate surface area is 277 Å². The van der Waals surface area contributed by atoms with Gasteiger partial charge < -0.3 is 9.32 Å². The first-order valence-corrected chi connectivity index (χ1v) is 16.4. The highest BCUT2D eigenvalue weighted by Crippen LogP contribution is 2.47. The number of nitrogens with zero attached hydrogens (tertiary/aromatic N) is 1. The van der Waals surface area contributed by atoms with Crippen LogP contribution in [0.3, 0.4) is 0 Å². The summed E-state index contributed by atoms with van der Waals surface area (Å²) in [4.78, 5) is 2.45. The SMILES string of the molecule is c1ccc(-c2ccccc2N(c2ccc3oc4cc5ccccc5cc4c3c2)c2cc3ccccc3c3c2ccc2ccccc23)cc1. The van der Waals surface area contributed by atoms with Gasteiger partial charge in [0.1, 0.15) is 11.2 Å². The van der Waals surface area contributed by atoms with Crippen molar-refractivity contribution in [2.45, 2.75) is 0 Å². The van der Waals surface area contributed by atoms with Gasteiger partial charge in [0, 0.05) is 27.4 Å². The van der Waals surface area contributed by atoms with Crippen LogP contribution in [0.25, 0.3) is 76.2 Å². The number of hydrogen-bond donors (Lipinski definition) is 0. The smallest absolute Gasteiger partial charge is 0.136 e. The fourth-order valence-corrected chi connectivity index (χ4v) is 7.56. The van der Waals surface area contributed by atoms with E-state index in [4.69, 9.17) is 4.42 Å². The molecule has 0 saturated carbocycles. The van der Waals surface area contributed by atoms with Gasteiger partial charge in [-0.2, -0.15) is 0 Å². The highest BCUT2D eigenvalue weighted by molar-refractivity contribution is 6.24. The van der Waals surface area contributed by atoms with Gasteiger partial charge in [0.15, 0.2) is 0 Å². The van der Waals surface area contributed by atoms with E-state index >= 15 is 0 Å². The van der Waals surface area contributed by atoms with Crippen molar-refractivity contribution in [3.8, 4) is 11.1 Å². The number of furan rings is 1. The Bertz CT molecular complexity index is 2830. The van der Waals surface area contributed by atoms with Crippen LogP contribution >= 0.6 is 0 Å². The maximum atomic E-state index is 6.46. The number of fused-ring (bicyclic) bond motifs is 9. The summed E-state index contributed by atoms with van der Waals surface area (Å²) in [5.74, 6) is 0. The summed E-state index contributed by atoms with van der Waals surface area (Å²) >= 11 is 0. The Morgan fingerprint density at radius 1 is 0.354 bits per heavy atom. The molecule has 1 heterocycles. The molecule has 2 heteroatoms. The Morgan fingerprint density at radius 3 is 1.83 bits per heavy atom. The van der Waals surface area contributed by atoms with Gasteiger partial charge in [0.25, 0.3) is 0 Å². The van der Waals surface area contributed by atoms with Gasteiger partial charge in [0.05, 0.1) is 11.4 Å². The highest BCUT2D eigenvalue weighted by atomic mass is 16.3. The van der Waals surface area contributed by atoms with E-state index in [1.807, 2.05) is 0 Å². The molecule has 2 nitrogen and oxygen atoms in total. The summed E-state index contributed by atoms with van der Waals surface area (Å²) < 4.78 is 6.46.